The molecule has 1 aromatic carbocycles. The van der Waals surface area contributed by atoms with Gasteiger partial charge in [0.25, 0.3) is 0 Å². The number of halogens is 2. The third-order valence-electron chi connectivity index (χ3n) is 2.69. The van der Waals surface area contributed by atoms with Gasteiger partial charge in [0.1, 0.15) is 5.82 Å². The van der Waals surface area contributed by atoms with Crippen LogP contribution in [-0.4, -0.2) is 42.9 Å². The second-order valence-corrected chi connectivity index (χ2v) is 5.15. The van der Waals surface area contributed by atoms with E-state index >= 15 is 0 Å². The summed E-state index contributed by atoms with van der Waals surface area (Å²) >= 11 is 3.14. The van der Waals surface area contributed by atoms with Crippen LogP contribution < -0.4 is 10.6 Å². The van der Waals surface area contributed by atoms with Crippen LogP contribution in [0.25, 0.3) is 0 Å². The minimum Gasteiger partial charge on any atom is -0.354 e. The Morgan fingerprint density at radius 1 is 1.53 bits per heavy atom. The molecule has 0 aliphatic carbocycles. The summed E-state index contributed by atoms with van der Waals surface area (Å²) < 4.78 is 14.1. The summed E-state index contributed by atoms with van der Waals surface area (Å²) in [4.78, 5) is 24.6. The van der Waals surface area contributed by atoms with Crippen LogP contribution in [0.1, 0.15) is 0 Å². The number of piperazine rings is 1. The topological polar surface area (TPSA) is 61.4 Å². The van der Waals surface area contributed by atoms with E-state index in [1.165, 1.54) is 12.1 Å². The van der Waals surface area contributed by atoms with Gasteiger partial charge in [-0.05, 0) is 18.2 Å². The molecule has 1 aliphatic rings. The summed E-state index contributed by atoms with van der Waals surface area (Å²) in [6.45, 7) is 1.40. The minimum absolute atomic E-state index is 0.0723. The number of nitrogens with zero attached hydrogens (tertiary/aromatic N) is 1. The van der Waals surface area contributed by atoms with Gasteiger partial charge >= 0.3 is 0 Å². The zero-order valence-electron chi connectivity index (χ0n) is 10.1. The standard InChI is InChI=1S/C12H13BrFN3O2/c13-8-1-2-10(9(14)5-8)16-12(19)7-17-4-3-15-11(18)6-17/h1-2,5H,3-4,6-7H2,(H,15,18)(H,16,19). The summed E-state index contributed by atoms with van der Waals surface area (Å²) in [5, 5.41) is 5.16. The van der Waals surface area contributed by atoms with Crippen LogP contribution in [-0.2, 0) is 9.59 Å². The number of hydrogen-bond acceptors (Lipinski definition) is 3. The highest BCUT2D eigenvalue weighted by Crippen LogP contribution is 2.19. The number of benzene rings is 1. The summed E-state index contributed by atoms with van der Waals surface area (Å²) in [5.74, 6) is -0.941. The van der Waals surface area contributed by atoms with E-state index in [9.17, 15) is 14.0 Å². The molecule has 2 rings (SSSR count). The molecule has 0 saturated carbocycles. The Labute approximate surface area is 118 Å². The molecule has 102 valence electrons. The molecule has 0 atom stereocenters. The summed E-state index contributed by atoms with van der Waals surface area (Å²) in [5.41, 5.74) is 0.134. The van der Waals surface area contributed by atoms with Gasteiger partial charge in [-0.2, -0.15) is 0 Å². The van der Waals surface area contributed by atoms with Gasteiger partial charge in [0, 0.05) is 17.6 Å². The molecular formula is C12H13BrFN3O2. The molecule has 5 nitrogen and oxygen atoms in total. The Morgan fingerprint density at radius 2 is 2.32 bits per heavy atom. The number of rotatable bonds is 3. The van der Waals surface area contributed by atoms with Gasteiger partial charge in [-0.15, -0.1) is 0 Å². The molecule has 0 aromatic heterocycles. The van der Waals surface area contributed by atoms with E-state index in [2.05, 4.69) is 26.6 Å². The van der Waals surface area contributed by atoms with Crippen molar-refractivity contribution in [3.8, 4) is 0 Å². The molecule has 0 bridgehead atoms. The van der Waals surface area contributed by atoms with E-state index in [-0.39, 0.29) is 30.6 Å². The van der Waals surface area contributed by atoms with Gasteiger partial charge in [-0.25, -0.2) is 4.39 Å². The van der Waals surface area contributed by atoms with Gasteiger partial charge in [0.15, 0.2) is 0 Å². The third kappa shape index (κ3) is 4.00. The zero-order chi connectivity index (χ0) is 13.8. The molecule has 1 saturated heterocycles. The first-order valence-corrected chi connectivity index (χ1v) is 6.58. The number of carbonyl (C=O) groups is 2. The van der Waals surface area contributed by atoms with Crippen molar-refractivity contribution in [2.75, 3.05) is 31.5 Å². The number of carbonyl (C=O) groups excluding carboxylic acids is 2. The smallest absolute Gasteiger partial charge is 0.238 e. The number of amides is 2. The Bertz CT molecular complexity index is 510. The molecule has 0 spiro atoms. The summed E-state index contributed by atoms with van der Waals surface area (Å²) in [6.07, 6.45) is 0. The average Bonchev–Trinajstić information content (AvgIpc) is 2.33. The highest BCUT2D eigenvalue weighted by atomic mass is 79.9. The number of anilines is 1. The van der Waals surface area contributed by atoms with Crippen molar-refractivity contribution in [2.45, 2.75) is 0 Å². The minimum atomic E-state index is -0.501. The predicted octanol–water partition coefficient (Wildman–Crippen LogP) is 0.958. The van der Waals surface area contributed by atoms with E-state index < -0.39 is 5.82 Å². The Morgan fingerprint density at radius 3 is 3.00 bits per heavy atom. The van der Waals surface area contributed by atoms with Crippen LogP contribution in [0, 0.1) is 5.82 Å². The maximum Gasteiger partial charge on any atom is 0.238 e. The van der Waals surface area contributed by atoms with Crippen LogP contribution >= 0.6 is 15.9 Å². The second-order valence-electron chi connectivity index (χ2n) is 4.23. The molecule has 2 amide bonds. The van der Waals surface area contributed by atoms with Crippen molar-refractivity contribution < 1.29 is 14.0 Å². The lowest BCUT2D eigenvalue weighted by molar-refractivity contribution is -0.125. The molecule has 0 unspecified atom stereocenters. The largest absolute Gasteiger partial charge is 0.354 e. The van der Waals surface area contributed by atoms with Crippen LogP contribution in [0.2, 0.25) is 0 Å². The summed E-state index contributed by atoms with van der Waals surface area (Å²) in [7, 11) is 0. The average molecular weight is 330 g/mol. The normalized spacial score (nSPS) is 16.0. The van der Waals surface area contributed by atoms with Gasteiger partial charge in [-0.3, -0.25) is 14.5 Å². The predicted molar refractivity (Wildman–Crippen MR) is 72.2 cm³/mol. The Hall–Kier alpha value is -1.47. The van der Waals surface area contributed by atoms with Crippen LogP contribution in [0.4, 0.5) is 10.1 Å². The molecule has 2 N–H and O–H groups in total. The van der Waals surface area contributed by atoms with Crippen molar-refractivity contribution in [1.29, 1.82) is 0 Å². The van der Waals surface area contributed by atoms with Gasteiger partial charge in [-0.1, -0.05) is 15.9 Å². The first-order valence-electron chi connectivity index (χ1n) is 5.78. The molecule has 1 heterocycles. The van der Waals surface area contributed by atoms with E-state index in [1.54, 1.807) is 11.0 Å². The van der Waals surface area contributed by atoms with E-state index in [0.717, 1.165) is 0 Å². The van der Waals surface area contributed by atoms with E-state index in [0.29, 0.717) is 17.6 Å². The fraction of sp³-hybridized carbons (Fsp3) is 0.333. The van der Waals surface area contributed by atoms with Gasteiger partial charge in [0.05, 0.1) is 18.8 Å². The van der Waals surface area contributed by atoms with E-state index in [4.69, 9.17) is 0 Å². The quantitative estimate of drug-likeness (QED) is 0.868. The van der Waals surface area contributed by atoms with E-state index in [1.807, 2.05) is 0 Å². The molecule has 1 aromatic rings. The summed E-state index contributed by atoms with van der Waals surface area (Å²) in [6, 6.07) is 4.41. The maximum atomic E-state index is 13.5. The Balaban J connectivity index is 1.92. The zero-order valence-corrected chi connectivity index (χ0v) is 11.7. The lowest BCUT2D eigenvalue weighted by atomic mass is 10.3. The molecule has 1 fully saturated rings. The lowest BCUT2D eigenvalue weighted by Gasteiger charge is -2.25. The highest BCUT2D eigenvalue weighted by Gasteiger charge is 2.19. The van der Waals surface area contributed by atoms with Crippen molar-refractivity contribution in [2.24, 2.45) is 0 Å². The van der Waals surface area contributed by atoms with Crippen LogP contribution in [0.5, 0.6) is 0 Å². The molecule has 19 heavy (non-hydrogen) atoms. The SMILES string of the molecule is O=C1CN(CC(=O)Nc2ccc(Br)cc2F)CCN1. The fourth-order valence-corrected chi connectivity index (χ4v) is 2.14. The first-order chi connectivity index (χ1) is 9.04. The molecule has 7 heteroatoms. The van der Waals surface area contributed by atoms with Crippen LogP contribution in [0.3, 0.4) is 0 Å². The van der Waals surface area contributed by atoms with Crippen molar-refractivity contribution in [1.82, 2.24) is 10.2 Å². The van der Waals surface area contributed by atoms with Crippen molar-refractivity contribution in [3.05, 3.63) is 28.5 Å². The molecular weight excluding hydrogens is 317 g/mol. The lowest BCUT2D eigenvalue weighted by Crippen LogP contribution is -2.49. The maximum absolute atomic E-state index is 13.5. The molecule has 1 aliphatic heterocycles. The number of nitrogens with one attached hydrogen (secondary N) is 2. The fourth-order valence-electron chi connectivity index (χ4n) is 1.81. The number of hydrogen-bond donors (Lipinski definition) is 2. The highest BCUT2D eigenvalue weighted by molar-refractivity contribution is 9.10. The first kappa shape index (κ1) is 14.0. The third-order valence-corrected chi connectivity index (χ3v) is 3.18. The van der Waals surface area contributed by atoms with Crippen molar-refractivity contribution in [3.63, 3.8) is 0 Å². The second kappa shape index (κ2) is 6.12. The molecule has 0 radical (unpaired) electrons. The Kier molecular flexibility index (Phi) is 4.49. The van der Waals surface area contributed by atoms with Crippen molar-refractivity contribution >= 4 is 33.4 Å². The van der Waals surface area contributed by atoms with Gasteiger partial charge in [0.2, 0.25) is 11.8 Å². The van der Waals surface area contributed by atoms with Gasteiger partial charge < -0.3 is 10.6 Å². The van der Waals surface area contributed by atoms with Crippen LogP contribution in [0.15, 0.2) is 22.7 Å². The monoisotopic (exact) mass is 329 g/mol.